The Morgan fingerprint density at radius 2 is 2.40 bits per heavy atom. The molecule has 0 spiro atoms. The van der Waals surface area contributed by atoms with E-state index in [-0.39, 0.29) is 5.56 Å². The first-order valence-electron chi connectivity index (χ1n) is 4.31. The molecule has 8 heteroatoms. The number of nitrogens with zero attached hydrogens (tertiary/aromatic N) is 3. The molecule has 15 heavy (non-hydrogen) atoms. The van der Waals surface area contributed by atoms with Gasteiger partial charge in [-0.25, -0.2) is 4.98 Å². The number of rotatable bonds is 3. The number of anilines is 2. The summed E-state index contributed by atoms with van der Waals surface area (Å²) >= 11 is 1.16. The molecule has 0 saturated carbocycles. The van der Waals surface area contributed by atoms with Gasteiger partial charge in [0.2, 0.25) is 10.1 Å². The van der Waals surface area contributed by atoms with E-state index >= 15 is 0 Å². The molecule has 0 amide bonds. The highest BCUT2D eigenvalue weighted by atomic mass is 32.1. The largest absolute Gasteiger partial charge is 0.374 e. The minimum atomic E-state index is -0.257. The van der Waals surface area contributed by atoms with Crippen molar-refractivity contribution in [3.05, 3.63) is 16.4 Å². The predicted octanol–water partition coefficient (Wildman–Crippen LogP) is -0.896. The molecule has 0 atom stereocenters. The van der Waals surface area contributed by atoms with Gasteiger partial charge in [-0.3, -0.25) is 4.79 Å². The Morgan fingerprint density at radius 1 is 1.60 bits per heavy atom. The summed E-state index contributed by atoms with van der Waals surface area (Å²) in [5.41, 5.74) is 10.5. The molecule has 80 valence electrons. The van der Waals surface area contributed by atoms with E-state index in [0.717, 1.165) is 11.3 Å². The summed E-state index contributed by atoms with van der Waals surface area (Å²) in [6, 6.07) is 1.36. The smallest absolute Gasteiger partial charge is 0.277 e. The van der Waals surface area contributed by atoms with E-state index in [1.165, 1.54) is 10.6 Å². The number of nitrogens with two attached hydrogens (primary N) is 2. The van der Waals surface area contributed by atoms with Gasteiger partial charge in [-0.05, 0) is 0 Å². The first-order chi connectivity index (χ1) is 7.20. The van der Waals surface area contributed by atoms with Crippen molar-refractivity contribution in [2.75, 3.05) is 24.1 Å². The molecule has 2 heterocycles. The fraction of sp³-hybridized carbons (Fsp3) is 0.286. The van der Waals surface area contributed by atoms with E-state index in [1.807, 2.05) is 0 Å². The van der Waals surface area contributed by atoms with Crippen LogP contribution in [0.1, 0.15) is 0 Å². The van der Waals surface area contributed by atoms with E-state index in [0.29, 0.717) is 29.0 Å². The highest BCUT2D eigenvalue weighted by Gasteiger charge is 2.06. The Labute approximate surface area is 88.7 Å². The Morgan fingerprint density at radius 3 is 3.13 bits per heavy atom. The van der Waals surface area contributed by atoms with Crippen LogP contribution in [-0.4, -0.2) is 27.7 Å². The van der Waals surface area contributed by atoms with E-state index in [4.69, 9.17) is 11.5 Å². The molecule has 0 aromatic carbocycles. The zero-order valence-electron chi connectivity index (χ0n) is 7.80. The molecule has 0 bridgehead atoms. The number of fused-ring (bicyclic) bond motifs is 1. The lowest BCUT2D eigenvalue weighted by atomic mass is 10.5. The number of nitrogen functional groups attached to an aromatic ring is 1. The summed E-state index contributed by atoms with van der Waals surface area (Å²) in [7, 11) is 0. The molecule has 0 saturated heterocycles. The molecule has 0 aliphatic heterocycles. The maximum absolute atomic E-state index is 11.5. The third-order valence-electron chi connectivity index (χ3n) is 1.71. The van der Waals surface area contributed by atoms with Crippen LogP contribution in [0.5, 0.6) is 0 Å². The lowest BCUT2D eigenvalue weighted by Crippen LogP contribution is -2.18. The average molecular weight is 226 g/mol. The molecule has 2 aromatic heterocycles. The lowest BCUT2D eigenvalue weighted by molar-refractivity contribution is 0.901. The standard InChI is InChI=1S/C7H10N6OS/c8-1-2-10-4-3-5(14)13-7(11-4)15-6(9)12-13/h3,10H,1-2,8H2,(H2,9,12). The Bertz CT molecular complexity index is 532. The van der Waals surface area contributed by atoms with Crippen LogP contribution in [0.15, 0.2) is 10.9 Å². The molecule has 0 aliphatic carbocycles. The quantitative estimate of drug-likeness (QED) is 0.625. The van der Waals surface area contributed by atoms with Crippen molar-refractivity contribution < 1.29 is 0 Å². The molecule has 5 N–H and O–H groups in total. The van der Waals surface area contributed by atoms with Gasteiger partial charge in [0.15, 0.2) is 0 Å². The van der Waals surface area contributed by atoms with Crippen molar-refractivity contribution in [1.82, 2.24) is 14.6 Å². The molecular formula is C7H10N6OS. The van der Waals surface area contributed by atoms with Gasteiger partial charge in [-0.15, -0.1) is 5.10 Å². The van der Waals surface area contributed by atoms with Crippen molar-refractivity contribution in [2.45, 2.75) is 0 Å². The van der Waals surface area contributed by atoms with Crippen LogP contribution in [0.25, 0.3) is 4.96 Å². The van der Waals surface area contributed by atoms with Crippen LogP contribution in [0.3, 0.4) is 0 Å². The topological polar surface area (TPSA) is 111 Å². The lowest BCUT2D eigenvalue weighted by Gasteiger charge is -2.01. The van der Waals surface area contributed by atoms with Crippen LogP contribution in [0, 0.1) is 0 Å². The van der Waals surface area contributed by atoms with Gasteiger partial charge in [0.25, 0.3) is 5.56 Å². The molecule has 2 aromatic rings. The monoisotopic (exact) mass is 226 g/mol. The molecule has 0 unspecified atom stereocenters. The third-order valence-corrected chi connectivity index (χ3v) is 2.45. The van der Waals surface area contributed by atoms with E-state index in [1.54, 1.807) is 0 Å². The van der Waals surface area contributed by atoms with E-state index in [9.17, 15) is 4.79 Å². The maximum Gasteiger partial charge on any atom is 0.277 e. The highest BCUT2D eigenvalue weighted by Crippen LogP contribution is 2.13. The second-order valence-electron chi connectivity index (χ2n) is 2.83. The highest BCUT2D eigenvalue weighted by molar-refractivity contribution is 7.20. The molecule has 0 aliphatic rings. The number of aromatic nitrogens is 3. The zero-order valence-corrected chi connectivity index (χ0v) is 8.62. The van der Waals surface area contributed by atoms with Crippen LogP contribution in [0.4, 0.5) is 10.9 Å². The zero-order chi connectivity index (χ0) is 10.8. The summed E-state index contributed by atoms with van der Waals surface area (Å²) in [6.07, 6.45) is 0. The number of hydrogen-bond donors (Lipinski definition) is 3. The number of hydrogen-bond acceptors (Lipinski definition) is 7. The van der Waals surface area contributed by atoms with Gasteiger partial charge in [0, 0.05) is 19.2 Å². The fourth-order valence-electron chi connectivity index (χ4n) is 1.12. The fourth-order valence-corrected chi connectivity index (χ4v) is 1.79. The first-order valence-corrected chi connectivity index (χ1v) is 5.12. The average Bonchev–Trinajstić information content (AvgIpc) is 2.56. The third kappa shape index (κ3) is 1.90. The van der Waals surface area contributed by atoms with Crippen molar-refractivity contribution in [1.29, 1.82) is 0 Å². The SMILES string of the molecule is NCCNc1cc(=O)n2nc(N)sc2n1. The maximum atomic E-state index is 11.5. The number of nitrogens with one attached hydrogen (secondary N) is 1. The Balaban J connectivity index is 2.47. The molecule has 0 fully saturated rings. The molecule has 0 radical (unpaired) electrons. The minimum Gasteiger partial charge on any atom is -0.374 e. The second-order valence-corrected chi connectivity index (χ2v) is 3.82. The minimum absolute atomic E-state index is 0.257. The van der Waals surface area contributed by atoms with Crippen LogP contribution in [-0.2, 0) is 0 Å². The van der Waals surface area contributed by atoms with Crippen LogP contribution in [0.2, 0.25) is 0 Å². The second kappa shape index (κ2) is 3.83. The Kier molecular flexibility index (Phi) is 2.52. The van der Waals surface area contributed by atoms with Crippen molar-refractivity contribution >= 4 is 27.2 Å². The molecule has 7 nitrogen and oxygen atoms in total. The van der Waals surface area contributed by atoms with Crippen molar-refractivity contribution in [3.63, 3.8) is 0 Å². The van der Waals surface area contributed by atoms with Crippen molar-refractivity contribution in [2.24, 2.45) is 5.73 Å². The van der Waals surface area contributed by atoms with Crippen molar-refractivity contribution in [3.8, 4) is 0 Å². The summed E-state index contributed by atoms with van der Waals surface area (Å²) in [5, 5.41) is 7.06. The predicted molar refractivity (Wildman–Crippen MR) is 59.1 cm³/mol. The summed E-state index contributed by atoms with van der Waals surface area (Å²) in [5.74, 6) is 0.495. The summed E-state index contributed by atoms with van der Waals surface area (Å²) < 4.78 is 1.17. The van der Waals surface area contributed by atoms with Gasteiger partial charge in [-0.2, -0.15) is 4.52 Å². The normalized spacial score (nSPS) is 10.7. The van der Waals surface area contributed by atoms with Gasteiger partial charge >= 0.3 is 0 Å². The summed E-state index contributed by atoms with van der Waals surface area (Å²) in [6.45, 7) is 1.04. The Hall–Kier alpha value is -1.67. The first kappa shape index (κ1) is 9.87. The van der Waals surface area contributed by atoms with Crippen LogP contribution < -0.4 is 22.3 Å². The van der Waals surface area contributed by atoms with Gasteiger partial charge in [0.1, 0.15) is 5.82 Å². The van der Waals surface area contributed by atoms with Gasteiger partial charge < -0.3 is 16.8 Å². The van der Waals surface area contributed by atoms with E-state index in [2.05, 4.69) is 15.4 Å². The van der Waals surface area contributed by atoms with E-state index < -0.39 is 0 Å². The molecule has 2 rings (SSSR count). The summed E-state index contributed by atoms with van der Waals surface area (Å²) in [4.78, 5) is 16.2. The van der Waals surface area contributed by atoms with Gasteiger partial charge in [-0.1, -0.05) is 11.3 Å². The van der Waals surface area contributed by atoms with Gasteiger partial charge in [0.05, 0.1) is 0 Å². The molecular weight excluding hydrogens is 216 g/mol. The van der Waals surface area contributed by atoms with Crippen LogP contribution >= 0.6 is 11.3 Å².